The van der Waals surface area contributed by atoms with Crippen molar-refractivity contribution < 1.29 is 38.9 Å². The number of aromatic hydroxyl groups is 1. The van der Waals surface area contributed by atoms with Crippen LogP contribution in [0.25, 0.3) is 6.08 Å². The van der Waals surface area contributed by atoms with Crippen molar-refractivity contribution >= 4 is 18.0 Å². The quantitative estimate of drug-likeness (QED) is 0.234. The summed E-state index contributed by atoms with van der Waals surface area (Å²) in [7, 11) is 1.41. The molecule has 2 aromatic carbocycles. The van der Waals surface area contributed by atoms with Crippen molar-refractivity contribution in [2.24, 2.45) is 0 Å². The Morgan fingerprint density at radius 1 is 1.11 bits per heavy atom. The van der Waals surface area contributed by atoms with Crippen LogP contribution in [0.4, 0.5) is 0 Å². The third-order valence-corrected chi connectivity index (χ3v) is 3.82. The van der Waals surface area contributed by atoms with Gasteiger partial charge in [-0.05, 0) is 23.8 Å². The van der Waals surface area contributed by atoms with Crippen molar-refractivity contribution in [3.05, 3.63) is 47.5 Å². The third-order valence-electron chi connectivity index (χ3n) is 3.82. The van der Waals surface area contributed by atoms with Crippen molar-refractivity contribution in [3.8, 4) is 28.7 Å². The summed E-state index contributed by atoms with van der Waals surface area (Å²) in [6.07, 6.45) is 2.59. The second-order valence-electron chi connectivity index (χ2n) is 5.62. The molecule has 0 saturated carbocycles. The lowest BCUT2D eigenvalue weighted by molar-refractivity contribution is -0.128. The average Bonchev–Trinajstić information content (AvgIpc) is 2.72. The summed E-state index contributed by atoms with van der Waals surface area (Å²) >= 11 is 0. The topological polar surface area (TPSA) is 124 Å². The van der Waals surface area contributed by atoms with Gasteiger partial charge < -0.3 is 24.1 Å². The van der Waals surface area contributed by atoms with Gasteiger partial charge in [0.1, 0.15) is 19.0 Å². The normalized spacial score (nSPS) is 12.5. The monoisotopic (exact) mass is 387 g/mol. The van der Waals surface area contributed by atoms with Crippen LogP contribution >= 0.6 is 0 Å². The van der Waals surface area contributed by atoms with Crippen LogP contribution in [0.3, 0.4) is 0 Å². The smallest absolute Gasteiger partial charge is 0.336 e. The number of ether oxygens (including phenoxy) is 4. The van der Waals surface area contributed by atoms with Gasteiger partial charge in [0, 0.05) is 18.2 Å². The van der Waals surface area contributed by atoms with E-state index in [0.29, 0.717) is 30.3 Å². The maximum absolute atomic E-state index is 12.2. The first-order valence-electron chi connectivity index (χ1n) is 8.17. The van der Waals surface area contributed by atoms with E-state index < -0.39 is 11.9 Å². The fourth-order valence-corrected chi connectivity index (χ4v) is 2.50. The van der Waals surface area contributed by atoms with E-state index in [4.69, 9.17) is 24.2 Å². The molecule has 1 heterocycles. The molecule has 0 bridgehead atoms. The Balaban J connectivity index is 1.82. The minimum atomic E-state index is -0.868. The molecule has 1 aliphatic heterocycles. The zero-order chi connectivity index (χ0) is 20.1. The molecule has 9 heteroatoms. The van der Waals surface area contributed by atoms with Crippen LogP contribution in [0, 0.1) is 0 Å². The molecule has 146 valence electrons. The van der Waals surface area contributed by atoms with Crippen molar-refractivity contribution in [1.82, 2.24) is 5.48 Å². The second-order valence-corrected chi connectivity index (χ2v) is 5.62. The third kappa shape index (κ3) is 4.15. The van der Waals surface area contributed by atoms with Crippen LogP contribution in [0.15, 0.2) is 36.4 Å². The van der Waals surface area contributed by atoms with Crippen molar-refractivity contribution in [2.45, 2.75) is 0 Å². The molecule has 1 amide bonds. The minimum absolute atomic E-state index is 0.0295. The standard InChI is InChI=1S/C19H17NO8/c1-25-15-8-11(2-4-13(15)21)3-5-18(22)28-14-10-17-16(26-6-7-27-17)9-12(14)19(23)20-24/h2-5,8-10,21,24H,6-7H2,1H3,(H,20,23)/b5-3+. The van der Waals surface area contributed by atoms with Crippen LogP contribution in [-0.2, 0) is 4.79 Å². The number of hydroxylamine groups is 1. The number of fused-ring (bicyclic) bond motifs is 1. The molecule has 0 unspecified atom stereocenters. The average molecular weight is 387 g/mol. The number of nitrogens with one attached hydrogen (secondary N) is 1. The van der Waals surface area contributed by atoms with Crippen LogP contribution in [0.5, 0.6) is 28.7 Å². The Bertz CT molecular complexity index is 938. The van der Waals surface area contributed by atoms with Gasteiger partial charge in [-0.15, -0.1) is 0 Å². The zero-order valence-electron chi connectivity index (χ0n) is 14.8. The van der Waals surface area contributed by atoms with Gasteiger partial charge in [0.2, 0.25) is 0 Å². The minimum Gasteiger partial charge on any atom is -0.504 e. The number of esters is 1. The van der Waals surface area contributed by atoms with Gasteiger partial charge in [-0.1, -0.05) is 6.07 Å². The number of methoxy groups -OCH3 is 1. The molecular weight excluding hydrogens is 370 g/mol. The maximum atomic E-state index is 12.2. The predicted octanol–water partition coefficient (Wildman–Crippen LogP) is 1.91. The molecule has 1 aliphatic rings. The number of amides is 1. The van der Waals surface area contributed by atoms with E-state index in [1.54, 1.807) is 6.07 Å². The summed E-state index contributed by atoms with van der Waals surface area (Å²) < 4.78 is 21.0. The molecule has 0 spiro atoms. The van der Waals surface area contributed by atoms with E-state index in [1.165, 1.54) is 42.9 Å². The summed E-state index contributed by atoms with van der Waals surface area (Å²) in [4.78, 5) is 24.1. The van der Waals surface area contributed by atoms with Crippen LogP contribution < -0.4 is 24.4 Å². The molecule has 3 N–H and O–H groups in total. The zero-order valence-corrected chi connectivity index (χ0v) is 14.8. The Kier molecular flexibility index (Phi) is 5.66. The molecular formula is C19H17NO8. The number of phenolic OH excluding ortho intramolecular Hbond substituents is 1. The lowest BCUT2D eigenvalue weighted by Gasteiger charge is -2.20. The van der Waals surface area contributed by atoms with E-state index in [2.05, 4.69) is 0 Å². The lowest BCUT2D eigenvalue weighted by Crippen LogP contribution is -2.22. The van der Waals surface area contributed by atoms with E-state index in [-0.39, 0.29) is 22.8 Å². The Morgan fingerprint density at radius 2 is 1.82 bits per heavy atom. The first kappa shape index (κ1) is 19.1. The first-order valence-corrected chi connectivity index (χ1v) is 8.17. The maximum Gasteiger partial charge on any atom is 0.336 e. The highest BCUT2D eigenvalue weighted by Crippen LogP contribution is 2.37. The molecule has 9 nitrogen and oxygen atoms in total. The molecule has 0 fully saturated rings. The van der Waals surface area contributed by atoms with Crippen molar-refractivity contribution in [2.75, 3.05) is 20.3 Å². The van der Waals surface area contributed by atoms with Gasteiger partial charge >= 0.3 is 5.97 Å². The highest BCUT2D eigenvalue weighted by molar-refractivity contribution is 5.98. The number of phenols is 1. The van der Waals surface area contributed by atoms with Gasteiger partial charge in [0.15, 0.2) is 23.0 Å². The van der Waals surface area contributed by atoms with Crippen LogP contribution in [-0.4, -0.2) is 42.5 Å². The van der Waals surface area contributed by atoms with E-state index >= 15 is 0 Å². The summed E-state index contributed by atoms with van der Waals surface area (Å²) in [5.41, 5.74) is 1.98. The fourth-order valence-electron chi connectivity index (χ4n) is 2.50. The van der Waals surface area contributed by atoms with Gasteiger partial charge in [-0.2, -0.15) is 0 Å². The van der Waals surface area contributed by atoms with E-state index in [1.807, 2.05) is 0 Å². The fraction of sp³-hybridized carbons (Fsp3) is 0.158. The number of benzene rings is 2. The molecule has 3 rings (SSSR count). The summed E-state index contributed by atoms with van der Waals surface area (Å²) in [6, 6.07) is 7.20. The summed E-state index contributed by atoms with van der Waals surface area (Å²) in [5.74, 6) is -0.897. The van der Waals surface area contributed by atoms with Crippen LogP contribution in [0.2, 0.25) is 0 Å². The second kappa shape index (κ2) is 8.31. The summed E-state index contributed by atoms with van der Waals surface area (Å²) in [5, 5.41) is 18.5. The predicted molar refractivity (Wildman–Crippen MR) is 96.0 cm³/mol. The highest BCUT2D eigenvalue weighted by atomic mass is 16.6. The molecule has 0 aliphatic carbocycles. The number of rotatable bonds is 5. The van der Waals surface area contributed by atoms with Gasteiger partial charge in [-0.25, -0.2) is 10.3 Å². The molecule has 0 saturated heterocycles. The highest BCUT2D eigenvalue weighted by Gasteiger charge is 2.22. The molecule has 2 aromatic rings. The van der Waals surface area contributed by atoms with Gasteiger partial charge in [0.05, 0.1) is 12.7 Å². The molecule has 28 heavy (non-hydrogen) atoms. The number of carbonyl (C=O) groups excluding carboxylic acids is 2. The lowest BCUT2D eigenvalue weighted by atomic mass is 10.1. The van der Waals surface area contributed by atoms with E-state index in [0.717, 1.165) is 6.08 Å². The van der Waals surface area contributed by atoms with Crippen molar-refractivity contribution in [1.29, 1.82) is 0 Å². The number of carbonyl (C=O) groups is 2. The largest absolute Gasteiger partial charge is 0.504 e. The first-order chi connectivity index (χ1) is 13.5. The number of hydrogen-bond donors (Lipinski definition) is 3. The Morgan fingerprint density at radius 3 is 2.50 bits per heavy atom. The van der Waals surface area contributed by atoms with E-state index in [9.17, 15) is 14.7 Å². The Labute approximate surface area is 159 Å². The molecule has 0 aromatic heterocycles. The summed E-state index contributed by atoms with van der Waals surface area (Å²) in [6.45, 7) is 0.625. The van der Waals surface area contributed by atoms with Crippen molar-refractivity contribution in [3.63, 3.8) is 0 Å². The van der Waals surface area contributed by atoms with Crippen LogP contribution in [0.1, 0.15) is 15.9 Å². The Hall–Kier alpha value is -3.72. The van der Waals surface area contributed by atoms with Gasteiger partial charge in [0.25, 0.3) is 5.91 Å². The number of hydrogen-bond acceptors (Lipinski definition) is 8. The SMILES string of the molecule is COc1cc(/C=C/C(=O)Oc2cc3c(cc2C(=O)NO)OCCO3)ccc1O. The molecule has 0 radical (unpaired) electrons. The molecule has 0 atom stereocenters. The van der Waals surface area contributed by atoms with Gasteiger partial charge in [-0.3, -0.25) is 10.0 Å².